The first-order chi connectivity index (χ1) is 9.27. The number of aromatic hydroxyl groups is 1. The van der Waals surface area contributed by atoms with Crippen molar-refractivity contribution in [1.82, 2.24) is 4.72 Å². The van der Waals surface area contributed by atoms with Gasteiger partial charge >= 0.3 is 5.69 Å². The highest BCUT2D eigenvalue weighted by Gasteiger charge is 2.20. The Balaban J connectivity index is 2.88. The second-order valence-electron chi connectivity index (χ2n) is 4.14. The van der Waals surface area contributed by atoms with Gasteiger partial charge in [0.05, 0.1) is 9.82 Å². The number of benzene rings is 1. The van der Waals surface area contributed by atoms with Gasteiger partial charge in [-0.2, -0.15) is 11.8 Å². The highest BCUT2D eigenvalue weighted by atomic mass is 32.2. The average Bonchev–Trinajstić information content (AvgIpc) is 2.38. The second-order valence-corrected chi connectivity index (χ2v) is 7.18. The number of hydrogen-bond acceptors (Lipinski definition) is 6. The zero-order chi connectivity index (χ0) is 15.3. The largest absolute Gasteiger partial charge is 0.502 e. The fourth-order valence-corrected chi connectivity index (χ4v) is 2.84. The summed E-state index contributed by atoms with van der Waals surface area (Å²) in [5.41, 5.74) is -0.634. The zero-order valence-corrected chi connectivity index (χ0v) is 12.7. The number of nitro groups is 1. The molecule has 0 aromatic heterocycles. The molecule has 0 radical (unpaired) electrons. The van der Waals surface area contributed by atoms with Gasteiger partial charge in [-0.15, -0.1) is 0 Å². The van der Waals surface area contributed by atoms with E-state index in [0.29, 0.717) is 11.7 Å². The Morgan fingerprint density at radius 3 is 2.70 bits per heavy atom. The molecule has 9 heteroatoms. The van der Waals surface area contributed by atoms with Crippen LogP contribution < -0.4 is 4.72 Å². The Morgan fingerprint density at radius 2 is 2.15 bits per heavy atom. The molecule has 0 heterocycles. The van der Waals surface area contributed by atoms with E-state index in [1.54, 1.807) is 11.8 Å². The Hall–Kier alpha value is -1.32. The van der Waals surface area contributed by atoms with E-state index in [2.05, 4.69) is 4.72 Å². The molecule has 0 amide bonds. The highest BCUT2D eigenvalue weighted by Crippen LogP contribution is 2.28. The van der Waals surface area contributed by atoms with Gasteiger partial charge < -0.3 is 5.11 Å². The minimum Gasteiger partial charge on any atom is -0.502 e. The molecule has 0 bridgehead atoms. The number of rotatable bonds is 7. The molecular weight excluding hydrogens is 304 g/mol. The average molecular weight is 320 g/mol. The van der Waals surface area contributed by atoms with Crippen LogP contribution >= 0.6 is 11.8 Å². The fourth-order valence-electron chi connectivity index (χ4n) is 1.41. The van der Waals surface area contributed by atoms with Crippen LogP contribution in [0.15, 0.2) is 23.1 Å². The molecule has 1 aromatic rings. The molecule has 1 unspecified atom stereocenters. The predicted molar refractivity (Wildman–Crippen MR) is 77.5 cm³/mol. The van der Waals surface area contributed by atoms with Crippen molar-refractivity contribution in [2.24, 2.45) is 0 Å². The van der Waals surface area contributed by atoms with Gasteiger partial charge in [-0.3, -0.25) is 10.1 Å². The Labute approximate surface area is 121 Å². The summed E-state index contributed by atoms with van der Waals surface area (Å²) in [5, 5.41) is 20.3. The van der Waals surface area contributed by atoms with Gasteiger partial charge in [0.1, 0.15) is 0 Å². The van der Waals surface area contributed by atoms with E-state index in [-0.39, 0.29) is 11.4 Å². The van der Waals surface area contributed by atoms with Crippen LogP contribution in [0.25, 0.3) is 0 Å². The van der Waals surface area contributed by atoms with Crippen LogP contribution in [0.5, 0.6) is 5.75 Å². The molecule has 0 spiro atoms. The van der Waals surface area contributed by atoms with E-state index in [4.69, 9.17) is 0 Å². The third-order valence-corrected chi connectivity index (χ3v) is 5.20. The van der Waals surface area contributed by atoms with E-state index in [0.717, 1.165) is 18.2 Å². The molecule has 0 saturated heterocycles. The van der Waals surface area contributed by atoms with Crippen LogP contribution in [-0.2, 0) is 10.0 Å². The van der Waals surface area contributed by atoms with Crippen molar-refractivity contribution in [1.29, 1.82) is 0 Å². The maximum atomic E-state index is 12.0. The van der Waals surface area contributed by atoms with Gasteiger partial charge in [-0.25, -0.2) is 13.1 Å². The number of phenolic OH excluding ortho intramolecular Hbond substituents is 1. The first-order valence-electron chi connectivity index (χ1n) is 5.78. The van der Waals surface area contributed by atoms with Gasteiger partial charge in [0.25, 0.3) is 0 Å². The molecule has 1 aromatic carbocycles. The Kier molecular flexibility index (Phi) is 5.78. The van der Waals surface area contributed by atoms with Crippen molar-refractivity contribution in [3.63, 3.8) is 0 Å². The molecule has 0 aliphatic rings. The summed E-state index contributed by atoms with van der Waals surface area (Å²) in [6.07, 6.45) is 2.59. The molecule has 7 nitrogen and oxygen atoms in total. The number of nitro benzene ring substituents is 1. The number of sulfonamides is 1. The molecular formula is C11H16N2O5S2. The summed E-state index contributed by atoms with van der Waals surface area (Å²) in [6.45, 7) is 2.23. The molecule has 112 valence electrons. The molecule has 0 aliphatic carbocycles. The normalized spacial score (nSPS) is 13.1. The van der Waals surface area contributed by atoms with Crippen LogP contribution in [-0.4, -0.2) is 36.5 Å². The summed E-state index contributed by atoms with van der Waals surface area (Å²) >= 11 is 1.62. The lowest BCUT2D eigenvalue weighted by molar-refractivity contribution is -0.386. The minimum absolute atomic E-state index is 0.237. The quantitative estimate of drug-likeness (QED) is 0.585. The minimum atomic E-state index is -3.81. The maximum absolute atomic E-state index is 12.0. The second kappa shape index (κ2) is 6.91. The maximum Gasteiger partial charge on any atom is 0.312 e. The summed E-state index contributed by atoms with van der Waals surface area (Å²) < 4.78 is 26.3. The van der Waals surface area contributed by atoms with Crippen molar-refractivity contribution in [3.8, 4) is 5.75 Å². The van der Waals surface area contributed by atoms with Crippen molar-refractivity contribution < 1.29 is 18.4 Å². The van der Waals surface area contributed by atoms with E-state index in [9.17, 15) is 23.6 Å². The smallest absolute Gasteiger partial charge is 0.312 e. The van der Waals surface area contributed by atoms with Gasteiger partial charge in [0.15, 0.2) is 5.75 Å². The third kappa shape index (κ3) is 4.36. The lowest BCUT2D eigenvalue weighted by Gasteiger charge is -2.10. The van der Waals surface area contributed by atoms with Crippen LogP contribution in [0.3, 0.4) is 0 Å². The predicted octanol–water partition coefficient (Wildman–Crippen LogP) is 1.72. The van der Waals surface area contributed by atoms with E-state index < -0.39 is 26.4 Å². The number of nitrogens with zero attached hydrogens (tertiary/aromatic N) is 1. The van der Waals surface area contributed by atoms with Crippen LogP contribution in [0.1, 0.15) is 13.3 Å². The number of hydrogen-bond donors (Lipinski definition) is 2. The van der Waals surface area contributed by atoms with Gasteiger partial charge in [0, 0.05) is 17.9 Å². The molecule has 0 saturated carbocycles. The lowest BCUT2D eigenvalue weighted by Crippen LogP contribution is -2.26. The van der Waals surface area contributed by atoms with E-state index in [1.165, 1.54) is 0 Å². The van der Waals surface area contributed by atoms with Crippen molar-refractivity contribution in [3.05, 3.63) is 28.3 Å². The third-order valence-electron chi connectivity index (χ3n) is 2.70. The SMILES string of the molecule is CSC(C)CCNS(=O)(=O)c1ccc(O)c([N+](=O)[O-])c1. The van der Waals surface area contributed by atoms with Gasteiger partial charge in [-0.05, 0) is 24.8 Å². The molecule has 20 heavy (non-hydrogen) atoms. The monoisotopic (exact) mass is 320 g/mol. The first-order valence-corrected chi connectivity index (χ1v) is 8.55. The molecule has 2 N–H and O–H groups in total. The molecule has 0 fully saturated rings. The highest BCUT2D eigenvalue weighted by molar-refractivity contribution is 7.99. The summed E-state index contributed by atoms with van der Waals surface area (Å²) in [7, 11) is -3.81. The summed E-state index contributed by atoms with van der Waals surface area (Å²) in [5.74, 6) is -0.565. The fraction of sp³-hybridized carbons (Fsp3) is 0.455. The van der Waals surface area contributed by atoms with Crippen molar-refractivity contribution >= 4 is 27.5 Å². The van der Waals surface area contributed by atoms with E-state index in [1.807, 2.05) is 13.2 Å². The Bertz CT molecular complexity index is 588. The van der Waals surface area contributed by atoms with Crippen LogP contribution in [0.2, 0.25) is 0 Å². The topological polar surface area (TPSA) is 110 Å². The molecule has 1 rings (SSSR count). The summed E-state index contributed by atoms with van der Waals surface area (Å²) in [4.78, 5) is 9.60. The van der Waals surface area contributed by atoms with Crippen molar-refractivity contribution in [2.75, 3.05) is 12.8 Å². The Morgan fingerprint density at radius 1 is 1.50 bits per heavy atom. The number of nitrogens with one attached hydrogen (secondary N) is 1. The summed E-state index contributed by atoms with van der Waals surface area (Å²) in [6, 6.07) is 2.97. The lowest BCUT2D eigenvalue weighted by atomic mass is 10.3. The number of thioether (sulfide) groups is 1. The first kappa shape index (κ1) is 16.7. The standard InChI is InChI=1S/C11H16N2O5S2/c1-8(19-2)5-6-12-20(17,18)9-3-4-11(14)10(7-9)13(15)16/h3-4,7-8,12,14H,5-6H2,1-2H3. The number of phenols is 1. The van der Waals surface area contributed by atoms with E-state index >= 15 is 0 Å². The van der Waals surface area contributed by atoms with Crippen molar-refractivity contribution in [2.45, 2.75) is 23.5 Å². The molecule has 0 aliphatic heterocycles. The molecule has 1 atom stereocenters. The van der Waals surface area contributed by atoms with Crippen LogP contribution in [0.4, 0.5) is 5.69 Å². The van der Waals surface area contributed by atoms with Gasteiger partial charge in [0.2, 0.25) is 10.0 Å². The zero-order valence-electron chi connectivity index (χ0n) is 11.1. The van der Waals surface area contributed by atoms with Gasteiger partial charge in [-0.1, -0.05) is 6.92 Å². The van der Waals surface area contributed by atoms with Crippen LogP contribution in [0, 0.1) is 10.1 Å².